The van der Waals surface area contributed by atoms with Crippen molar-refractivity contribution in [3.05, 3.63) is 76.3 Å². The number of carboxylic acids is 1. The third-order valence-electron chi connectivity index (χ3n) is 4.29. The zero-order valence-corrected chi connectivity index (χ0v) is 16.8. The molecular weight excluding hydrogens is 396 g/mol. The van der Waals surface area contributed by atoms with Crippen molar-refractivity contribution in [1.82, 2.24) is 10.3 Å². The molecule has 1 aromatic heterocycles. The molecule has 0 aliphatic rings. The third-order valence-corrected chi connectivity index (χ3v) is 5.54. The maximum Gasteiger partial charge on any atom is 0.329 e. The van der Waals surface area contributed by atoms with Crippen molar-refractivity contribution in [3.63, 3.8) is 0 Å². The summed E-state index contributed by atoms with van der Waals surface area (Å²) in [5.41, 5.74) is 0.813. The number of benzene rings is 2. The maximum absolute atomic E-state index is 12.5. The quantitative estimate of drug-likeness (QED) is 0.607. The van der Waals surface area contributed by atoms with Crippen molar-refractivity contribution in [2.24, 2.45) is 0 Å². The van der Waals surface area contributed by atoms with E-state index < -0.39 is 17.4 Å². The number of nitrogens with zero attached hydrogens (tertiary/aromatic N) is 1. The van der Waals surface area contributed by atoms with Gasteiger partial charge in [0, 0.05) is 17.4 Å². The second-order valence-electron chi connectivity index (χ2n) is 6.65. The number of nitrogens with one attached hydrogen (secondary N) is 1. The van der Waals surface area contributed by atoms with Gasteiger partial charge >= 0.3 is 5.97 Å². The molecule has 0 aliphatic heterocycles. The van der Waals surface area contributed by atoms with Crippen molar-refractivity contribution in [3.8, 4) is 10.6 Å². The highest BCUT2D eigenvalue weighted by Crippen LogP contribution is 2.30. The molecule has 1 atom stereocenters. The van der Waals surface area contributed by atoms with Crippen LogP contribution in [0.3, 0.4) is 0 Å². The van der Waals surface area contributed by atoms with E-state index in [1.165, 1.54) is 18.3 Å². The Kier molecular flexibility index (Phi) is 6.11. The van der Waals surface area contributed by atoms with Crippen LogP contribution in [0.1, 0.15) is 18.2 Å². The number of carboxylic acid groups (broad SMARTS) is 1. The van der Waals surface area contributed by atoms with Crippen molar-refractivity contribution in [2.45, 2.75) is 25.3 Å². The predicted molar refractivity (Wildman–Crippen MR) is 111 cm³/mol. The van der Waals surface area contributed by atoms with Crippen LogP contribution in [0.4, 0.5) is 0 Å². The molecule has 7 heteroatoms. The van der Waals surface area contributed by atoms with Crippen LogP contribution in [-0.2, 0) is 22.4 Å². The minimum Gasteiger partial charge on any atom is -0.480 e. The van der Waals surface area contributed by atoms with E-state index in [4.69, 9.17) is 11.6 Å². The van der Waals surface area contributed by atoms with Crippen molar-refractivity contribution >= 4 is 34.8 Å². The van der Waals surface area contributed by atoms with Gasteiger partial charge in [0.1, 0.15) is 10.5 Å². The van der Waals surface area contributed by atoms with Crippen molar-refractivity contribution in [2.75, 3.05) is 0 Å². The Morgan fingerprint density at radius 2 is 1.82 bits per heavy atom. The van der Waals surface area contributed by atoms with Gasteiger partial charge in [-0.1, -0.05) is 60.1 Å². The van der Waals surface area contributed by atoms with E-state index in [0.717, 1.165) is 16.1 Å². The number of hydrogen-bond donors (Lipinski definition) is 2. The highest BCUT2D eigenvalue weighted by atomic mass is 35.5. The largest absolute Gasteiger partial charge is 0.480 e. The molecule has 1 amide bonds. The summed E-state index contributed by atoms with van der Waals surface area (Å²) in [4.78, 5) is 28.8. The van der Waals surface area contributed by atoms with Gasteiger partial charge in [0.2, 0.25) is 5.91 Å². The van der Waals surface area contributed by atoms with Crippen LogP contribution < -0.4 is 5.32 Å². The normalized spacial score (nSPS) is 12.9. The van der Waals surface area contributed by atoms with Gasteiger partial charge in [0.15, 0.2) is 0 Å². The van der Waals surface area contributed by atoms with E-state index in [0.29, 0.717) is 10.7 Å². The number of carbonyl (C=O) groups excluding carboxylic acids is 1. The summed E-state index contributed by atoms with van der Waals surface area (Å²) in [6.07, 6.45) is 0.190. The topological polar surface area (TPSA) is 79.3 Å². The van der Waals surface area contributed by atoms with Crippen LogP contribution >= 0.6 is 22.9 Å². The Morgan fingerprint density at radius 1 is 1.14 bits per heavy atom. The number of aromatic nitrogens is 1. The van der Waals surface area contributed by atoms with E-state index in [1.54, 1.807) is 11.4 Å². The summed E-state index contributed by atoms with van der Waals surface area (Å²) in [7, 11) is 0. The van der Waals surface area contributed by atoms with Gasteiger partial charge in [-0.05, 0) is 18.6 Å². The van der Waals surface area contributed by atoms with Gasteiger partial charge in [-0.3, -0.25) is 4.79 Å². The fourth-order valence-electron chi connectivity index (χ4n) is 2.84. The molecule has 144 valence electrons. The third kappa shape index (κ3) is 4.77. The Bertz CT molecular complexity index is 990. The molecular formula is C21H19ClN2O3S. The van der Waals surface area contributed by atoms with Gasteiger partial charge in [0.25, 0.3) is 0 Å². The molecule has 0 saturated heterocycles. The standard InChI is InChI=1S/C21H19ClN2O3S/c1-21(20(26)27,12-14-7-3-2-4-8-14)24-18(25)11-15-13-28-19(23-15)16-9-5-6-10-17(16)22/h2-10,13H,11-12H2,1H3,(H,24,25)(H,26,27). The average Bonchev–Trinajstić information content (AvgIpc) is 3.10. The van der Waals surface area contributed by atoms with Crippen LogP contribution in [0, 0.1) is 0 Å². The first-order valence-electron chi connectivity index (χ1n) is 8.65. The minimum atomic E-state index is -1.40. The van der Waals surface area contributed by atoms with Gasteiger partial charge in [-0.2, -0.15) is 0 Å². The van der Waals surface area contributed by atoms with E-state index >= 15 is 0 Å². The highest BCUT2D eigenvalue weighted by Gasteiger charge is 2.35. The van der Waals surface area contributed by atoms with E-state index in [-0.39, 0.29) is 12.8 Å². The van der Waals surface area contributed by atoms with Crippen LogP contribution in [0.2, 0.25) is 5.02 Å². The molecule has 28 heavy (non-hydrogen) atoms. The zero-order valence-electron chi connectivity index (χ0n) is 15.2. The van der Waals surface area contributed by atoms with Crippen molar-refractivity contribution < 1.29 is 14.7 Å². The number of hydrogen-bond acceptors (Lipinski definition) is 4. The lowest BCUT2D eigenvalue weighted by Gasteiger charge is -2.26. The lowest BCUT2D eigenvalue weighted by Crippen LogP contribution is -2.54. The molecule has 5 nitrogen and oxygen atoms in total. The SMILES string of the molecule is CC(Cc1ccccc1)(NC(=O)Cc1csc(-c2ccccc2Cl)n1)C(=O)O. The Labute approximate surface area is 172 Å². The average molecular weight is 415 g/mol. The van der Waals surface area contributed by atoms with Crippen LogP contribution in [0.25, 0.3) is 10.6 Å². The van der Waals surface area contributed by atoms with Gasteiger partial charge in [0.05, 0.1) is 17.1 Å². The van der Waals surface area contributed by atoms with E-state index in [2.05, 4.69) is 10.3 Å². The summed E-state index contributed by atoms with van der Waals surface area (Å²) >= 11 is 7.59. The lowest BCUT2D eigenvalue weighted by molar-refractivity contribution is -0.146. The summed E-state index contributed by atoms with van der Waals surface area (Å²) in [5.74, 6) is -1.48. The predicted octanol–water partition coefficient (Wildman–Crippen LogP) is 4.21. The number of carbonyl (C=O) groups is 2. The number of thiazole rings is 1. The lowest BCUT2D eigenvalue weighted by atomic mass is 9.92. The van der Waals surface area contributed by atoms with Crippen LogP contribution in [0.5, 0.6) is 0 Å². The number of halogens is 1. The first-order chi connectivity index (χ1) is 13.4. The highest BCUT2D eigenvalue weighted by molar-refractivity contribution is 7.13. The van der Waals surface area contributed by atoms with E-state index in [1.807, 2.05) is 48.5 Å². The van der Waals surface area contributed by atoms with E-state index in [9.17, 15) is 14.7 Å². The molecule has 2 aromatic carbocycles. The molecule has 0 spiro atoms. The second kappa shape index (κ2) is 8.54. The molecule has 0 aliphatic carbocycles. The fourth-order valence-corrected chi connectivity index (χ4v) is 3.98. The van der Waals surface area contributed by atoms with Crippen molar-refractivity contribution in [1.29, 1.82) is 0 Å². The Hall–Kier alpha value is -2.70. The van der Waals surface area contributed by atoms with Gasteiger partial charge < -0.3 is 10.4 Å². The molecule has 3 aromatic rings. The summed E-state index contributed by atoms with van der Waals surface area (Å²) in [6, 6.07) is 16.6. The summed E-state index contributed by atoms with van der Waals surface area (Å²) in [5, 5.41) is 15.4. The minimum absolute atomic E-state index is 0.00138. The molecule has 0 fully saturated rings. The molecule has 1 unspecified atom stereocenters. The Morgan fingerprint density at radius 3 is 2.50 bits per heavy atom. The number of amides is 1. The monoisotopic (exact) mass is 414 g/mol. The smallest absolute Gasteiger partial charge is 0.329 e. The van der Waals surface area contributed by atoms with Gasteiger partial charge in [-0.15, -0.1) is 11.3 Å². The molecule has 0 saturated carbocycles. The van der Waals surface area contributed by atoms with Crippen LogP contribution in [0.15, 0.2) is 60.0 Å². The fraction of sp³-hybridized carbons (Fsp3) is 0.190. The summed E-state index contributed by atoms with van der Waals surface area (Å²) in [6.45, 7) is 1.51. The molecule has 0 bridgehead atoms. The molecule has 1 heterocycles. The first kappa shape index (κ1) is 20.0. The summed E-state index contributed by atoms with van der Waals surface area (Å²) < 4.78 is 0. The van der Waals surface area contributed by atoms with Crippen LogP contribution in [-0.4, -0.2) is 27.5 Å². The zero-order chi connectivity index (χ0) is 20.1. The molecule has 2 N–H and O–H groups in total. The maximum atomic E-state index is 12.5. The molecule has 3 rings (SSSR count). The van der Waals surface area contributed by atoms with Gasteiger partial charge in [-0.25, -0.2) is 9.78 Å². The number of rotatable bonds is 7. The first-order valence-corrected chi connectivity index (χ1v) is 9.91. The molecule has 0 radical (unpaired) electrons. The number of aliphatic carboxylic acids is 1. The second-order valence-corrected chi connectivity index (χ2v) is 7.91. The Balaban J connectivity index is 1.70.